The first-order valence-electron chi connectivity index (χ1n) is 11.3. The summed E-state index contributed by atoms with van der Waals surface area (Å²) >= 11 is 0. The van der Waals surface area contributed by atoms with Crippen molar-refractivity contribution in [1.82, 2.24) is 4.98 Å². The molecular weight excluding hydrogens is 402 g/mol. The van der Waals surface area contributed by atoms with Crippen molar-refractivity contribution in [3.8, 4) is 5.75 Å². The van der Waals surface area contributed by atoms with Crippen LogP contribution in [0.15, 0.2) is 36.2 Å². The molecule has 6 nitrogen and oxygen atoms in total. The number of benzene rings is 1. The molecule has 2 saturated carbocycles. The molecule has 0 aliphatic heterocycles. The number of nitrogens with one attached hydrogen (secondary N) is 1. The van der Waals surface area contributed by atoms with Gasteiger partial charge < -0.3 is 9.47 Å². The summed E-state index contributed by atoms with van der Waals surface area (Å²) in [6, 6.07) is 4.18. The number of ether oxygens (including phenoxy) is 2. The molecule has 1 aromatic heterocycles. The Hall–Kier alpha value is -2.99. The molecule has 166 valence electrons. The molecule has 32 heavy (non-hydrogen) atoms. The number of anilines is 1. The summed E-state index contributed by atoms with van der Waals surface area (Å²) in [5.41, 5.74) is 6.28. The van der Waals surface area contributed by atoms with Gasteiger partial charge in [-0.25, -0.2) is 4.98 Å². The number of rotatable bonds is 7. The number of methoxy groups -OCH3 is 2. The number of nitrogens with zero attached hydrogens (tertiary/aromatic N) is 2. The lowest BCUT2D eigenvalue weighted by atomic mass is 9.92. The average molecular weight is 433 g/mol. The fourth-order valence-electron chi connectivity index (χ4n) is 4.79. The highest BCUT2D eigenvalue weighted by atomic mass is 16.5. The lowest BCUT2D eigenvalue weighted by molar-refractivity contribution is -0.368. The monoisotopic (exact) mass is 432 g/mol. The third-order valence-corrected chi connectivity index (χ3v) is 6.71. The number of carbonyl (C=O) groups excluding carboxylic acids is 1. The molecule has 1 atom stereocenters. The van der Waals surface area contributed by atoms with Gasteiger partial charge >= 0.3 is 5.95 Å². The second kappa shape index (κ2) is 8.51. The highest BCUT2D eigenvalue weighted by Crippen LogP contribution is 2.41. The van der Waals surface area contributed by atoms with Crippen LogP contribution in [-0.2, 0) is 16.1 Å². The Morgan fingerprint density at radius 2 is 2.06 bits per heavy atom. The summed E-state index contributed by atoms with van der Waals surface area (Å²) in [7, 11) is 5.44. The van der Waals surface area contributed by atoms with Crippen molar-refractivity contribution in [2.24, 2.45) is 11.8 Å². The predicted octanol–water partition coefficient (Wildman–Crippen LogP) is 3.70. The van der Waals surface area contributed by atoms with Crippen molar-refractivity contribution in [3.63, 3.8) is 0 Å². The van der Waals surface area contributed by atoms with Crippen molar-refractivity contribution >= 4 is 23.4 Å². The number of ketones is 1. The summed E-state index contributed by atoms with van der Waals surface area (Å²) in [4.78, 5) is 22.9. The predicted molar refractivity (Wildman–Crippen MR) is 123 cm³/mol. The maximum absolute atomic E-state index is 12.7. The van der Waals surface area contributed by atoms with Gasteiger partial charge in [-0.2, -0.15) is 0 Å². The Morgan fingerprint density at radius 3 is 2.75 bits per heavy atom. The van der Waals surface area contributed by atoms with Crippen LogP contribution in [0.4, 0.5) is 5.95 Å². The van der Waals surface area contributed by atoms with Gasteiger partial charge in [0.05, 0.1) is 39.4 Å². The molecule has 0 bridgehead atoms. The minimum atomic E-state index is -0.175. The Balaban J connectivity index is 1.58. The molecule has 3 aliphatic rings. The zero-order valence-electron chi connectivity index (χ0n) is 19.0. The van der Waals surface area contributed by atoms with Crippen LogP contribution in [0.5, 0.6) is 5.75 Å². The molecule has 3 aliphatic carbocycles. The van der Waals surface area contributed by atoms with E-state index in [0.717, 1.165) is 58.4 Å². The molecule has 1 N–H and O–H groups in total. The van der Waals surface area contributed by atoms with Crippen molar-refractivity contribution in [2.75, 3.05) is 32.7 Å². The second-order valence-corrected chi connectivity index (χ2v) is 9.08. The number of aromatic amines is 1. The van der Waals surface area contributed by atoms with E-state index in [0.29, 0.717) is 13.0 Å². The smallest absolute Gasteiger partial charge is 0.391 e. The van der Waals surface area contributed by atoms with Gasteiger partial charge in [0.25, 0.3) is 0 Å². The van der Waals surface area contributed by atoms with E-state index in [2.05, 4.69) is 41.2 Å². The van der Waals surface area contributed by atoms with E-state index in [1.807, 2.05) is 12.4 Å². The van der Waals surface area contributed by atoms with Crippen molar-refractivity contribution in [1.29, 1.82) is 0 Å². The summed E-state index contributed by atoms with van der Waals surface area (Å²) in [5, 5.41) is 0. The highest BCUT2D eigenvalue weighted by Gasteiger charge is 2.32. The zero-order chi connectivity index (χ0) is 22.2. The van der Waals surface area contributed by atoms with Gasteiger partial charge in [-0.3, -0.25) is 9.69 Å². The average Bonchev–Trinajstić information content (AvgIpc) is 3.58. The first kappa shape index (κ1) is 20.9. The molecule has 1 heterocycles. The number of hydrogen-bond acceptors (Lipinski definition) is 5. The molecule has 1 aromatic carbocycles. The molecule has 0 amide bonds. The quantitative estimate of drug-likeness (QED) is 0.667. The van der Waals surface area contributed by atoms with Crippen LogP contribution in [0.2, 0.25) is 0 Å². The molecule has 5 rings (SSSR count). The van der Waals surface area contributed by atoms with Crippen LogP contribution >= 0.6 is 0 Å². The van der Waals surface area contributed by atoms with Gasteiger partial charge in [-0.1, -0.05) is 22.7 Å². The van der Waals surface area contributed by atoms with Gasteiger partial charge in [-0.15, -0.1) is 0 Å². The minimum absolute atomic E-state index is 0.175. The molecule has 6 heteroatoms. The van der Waals surface area contributed by atoms with Gasteiger partial charge in [0, 0.05) is 24.7 Å². The van der Waals surface area contributed by atoms with Crippen molar-refractivity contribution in [3.05, 3.63) is 58.4 Å². The minimum Gasteiger partial charge on any atom is -0.496 e. The van der Waals surface area contributed by atoms with Gasteiger partial charge in [-0.05, 0) is 54.0 Å². The van der Waals surface area contributed by atoms with E-state index in [1.165, 1.54) is 18.4 Å². The zero-order valence-corrected chi connectivity index (χ0v) is 19.0. The Morgan fingerprint density at radius 1 is 1.22 bits per heavy atom. The van der Waals surface area contributed by atoms with Crippen molar-refractivity contribution < 1.29 is 19.3 Å². The lowest BCUT2D eigenvalue weighted by Crippen LogP contribution is -2.28. The van der Waals surface area contributed by atoms with Crippen LogP contribution in [0, 0.1) is 11.8 Å². The van der Waals surface area contributed by atoms with Crippen LogP contribution in [0.1, 0.15) is 47.9 Å². The summed E-state index contributed by atoms with van der Waals surface area (Å²) < 4.78 is 11.1. The standard InChI is InChI=1S/C26H29N3O3/c1-29(14-16-4-5-16)26-27-12-20(13-28-26)21-10-23-17(6-7-24(23)30)8-18-9-19(15-31-2)25(32-3)11-22(18)21/h8-13,16,23H,4-7,14-15H2,1-3H3/p+1. The van der Waals surface area contributed by atoms with Gasteiger partial charge in [0.1, 0.15) is 17.7 Å². The number of H-pyrrole nitrogens is 1. The van der Waals surface area contributed by atoms with Crippen molar-refractivity contribution in [2.45, 2.75) is 32.3 Å². The SMILES string of the molecule is COCc1cc2c(cc1OC)C(c1cnc(N(C)CC3CC3)[nH+]c1)=CC1C(=O)CCC1=C2. The number of fused-ring (bicyclic) bond motifs is 2. The van der Waals surface area contributed by atoms with E-state index in [9.17, 15) is 4.79 Å². The molecule has 0 radical (unpaired) electrons. The number of carbonyl (C=O) groups is 1. The molecule has 1 unspecified atom stereocenters. The first-order valence-corrected chi connectivity index (χ1v) is 11.3. The third kappa shape index (κ3) is 3.95. The Bertz CT molecular complexity index is 1100. The van der Waals surface area contributed by atoms with E-state index in [1.54, 1.807) is 14.2 Å². The molecule has 2 aromatic rings. The third-order valence-electron chi connectivity index (χ3n) is 6.71. The number of aromatic nitrogens is 2. The topological polar surface area (TPSA) is 65.8 Å². The van der Waals surface area contributed by atoms with E-state index < -0.39 is 0 Å². The van der Waals surface area contributed by atoms with Crippen LogP contribution in [0.3, 0.4) is 0 Å². The second-order valence-electron chi connectivity index (χ2n) is 9.08. The Labute approximate surface area is 189 Å². The maximum atomic E-state index is 12.7. The van der Waals surface area contributed by atoms with E-state index >= 15 is 0 Å². The number of hydrogen-bond donors (Lipinski definition) is 0. The largest absolute Gasteiger partial charge is 0.496 e. The number of allylic oxidation sites excluding steroid dienone is 2. The molecule has 0 spiro atoms. The summed E-state index contributed by atoms with van der Waals surface area (Å²) in [6.45, 7) is 1.50. The molecule has 0 saturated heterocycles. The fourth-order valence-corrected chi connectivity index (χ4v) is 4.79. The Kier molecular flexibility index (Phi) is 5.55. The highest BCUT2D eigenvalue weighted by molar-refractivity contribution is 5.97. The van der Waals surface area contributed by atoms with Crippen LogP contribution in [0.25, 0.3) is 11.6 Å². The summed E-state index contributed by atoms with van der Waals surface area (Å²) in [5.74, 6) is 2.54. The number of Topliss-reactive ketones (excluding diaryl/α,β-unsaturated/α-hetero) is 1. The molecular formula is C26H30N3O3+. The lowest BCUT2D eigenvalue weighted by Gasteiger charge is -2.16. The molecule has 2 fully saturated rings. The van der Waals surface area contributed by atoms with Gasteiger partial charge in [0.15, 0.2) is 0 Å². The first-order chi connectivity index (χ1) is 15.6. The van der Waals surface area contributed by atoms with E-state index in [-0.39, 0.29) is 11.7 Å². The fraction of sp³-hybridized carbons (Fsp3) is 0.423. The van der Waals surface area contributed by atoms with Crippen LogP contribution < -0.4 is 14.6 Å². The summed E-state index contributed by atoms with van der Waals surface area (Å²) in [6.07, 6.45) is 12.2. The maximum Gasteiger partial charge on any atom is 0.391 e. The van der Waals surface area contributed by atoms with Crippen LogP contribution in [-0.4, -0.2) is 38.6 Å². The normalized spacial score (nSPS) is 19.6. The van der Waals surface area contributed by atoms with E-state index in [4.69, 9.17) is 14.5 Å². The van der Waals surface area contributed by atoms with Gasteiger partial charge in [0.2, 0.25) is 0 Å².